The molecule has 1 aromatic rings. The van der Waals surface area contributed by atoms with Crippen LogP contribution in [-0.2, 0) is 25.1 Å². The molecule has 0 aliphatic rings. The summed E-state index contributed by atoms with van der Waals surface area (Å²) in [5.74, 6) is 0. The first-order valence-electron chi connectivity index (χ1n) is 14.9. The van der Waals surface area contributed by atoms with Gasteiger partial charge in [0.1, 0.15) is 6.35 Å². The van der Waals surface area contributed by atoms with Crippen LogP contribution in [0, 0.1) is 0 Å². The van der Waals surface area contributed by atoms with E-state index in [0.717, 1.165) is 23.5 Å². The van der Waals surface area contributed by atoms with Crippen molar-refractivity contribution in [2.75, 3.05) is 32.8 Å². The molecule has 0 saturated carbocycles. The van der Waals surface area contributed by atoms with Crippen LogP contribution in [0.2, 0.25) is 0 Å². The van der Waals surface area contributed by atoms with Crippen molar-refractivity contribution in [1.82, 2.24) is 9.55 Å². The molecular formula is C28H53N2O8P. The van der Waals surface area contributed by atoms with Crippen LogP contribution >= 0.6 is 7.60 Å². The lowest BCUT2D eigenvalue weighted by atomic mass is 10.0. The van der Waals surface area contributed by atoms with Crippen LogP contribution in [0.15, 0.2) is 21.9 Å². The fourth-order valence-corrected chi connectivity index (χ4v) is 5.14. The molecule has 3 N–H and O–H groups in total. The van der Waals surface area contributed by atoms with Crippen molar-refractivity contribution in [3.05, 3.63) is 33.1 Å². The van der Waals surface area contributed by atoms with Gasteiger partial charge in [-0.2, -0.15) is 0 Å². The fraction of sp³-hybridized carbons (Fsp3) is 0.857. The van der Waals surface area contributed by atoms with Gasteiger partial charge in [-0.25, -0.2) is 4.79 Å². The predicted octanol–water partition coefficient (Wildman–Crippen LogP) is 5.35. The number of aromatic amines is 1. The van der Waals surface area contributed by atoms with E-state index in [4.69, 9.17) is 14.0 Å². The molecule has 1 aromatic heterocycles. The van der Waals surface area contributed by atoms with Crippen molar-refractivity contribution in [2.24, 2.45) is 0 Å². The Bertz CT molecular complexity index is 876. The molecule has 228 valence electrons. The van der Waals surface area contributed by atoms with Gasteiger partial charge in [-0.1, -0.05) is 96.8 Å². The monoisotopic (exact) mass is 576 g/mol. The van der Waals surface area contributed by atoms with Gasteiger partial charge in [0.2, 0.25) is 0 Å². The highest BCUT2D eigenvalue weighted by Crippen LogP contribution is 2.42. The zero-order valence-corrected chi connectivity index (χ0v) is 24.9. The Morgan fingerprint density at radius 3 is 1.92 bits per heavy atom. The first-order chi connectivity index (χ1) is 18.9. The summed E-state index contributed by atoms with van der Waals surface area (Å²) in [6.45, 7) is 2.89. The third-order valence-electron chi connectivity index (χ3n) is 6.59. The summed E-state index contributed by atoms with van der Waals surface area (Å²) >= 11 is 0. The molecule has 1 heterocycles. The molecular weight excluding hydrogens is 523 g/mol. The van der Waals surface area contributed by atoms with Gasteiger partial charge in [0.05, 0.1) is 25.9 Å². The van der Waals surface area contributed by atoms with Crippen LogP contribution in [0.3, 0.4) is 0 Å². The number of hydrogen-bond donors (Lipinski definition) is 3. The van der Waals surface area contributed by atoms with Crippen molar-refractivity contribution in [3.63, 3.8) is 0 Å². The highest BCUT2D eigenvalue weighted by atomic mass is 31.2. The predicted molar refractivity (Wildman–Crippen MR) is 154 cm³/mol. The molecule has 0 aliphatic carbocycles. The number of H-pyrrole nitrogens is 1. The van der Waals surface area contributed by atoms with Gasteiger partial charge < -0.3 is 24.0 Å². The fourth-order valence-electron chi connectivity index (χ4n) is 4.25. The van der Waals surface area contributed by atoms with Gasteiger partial charge in [0, 0.05) is 25.5 Å². The van der Waals surface area contributed by atoms with Crippen molar-refractivity contribution in [1.29, 1.82) is 0 Å². The van der Waals surface area contributed by atoms with Crippen LogP contribution in [0.4, 0.5) is 0 Å². The van der Waals surface area contributed by atoms with Crippen molar-refractivity contribution < 1.29 is 28.6 Å². The van der Waals surface area contributed by atoms with Gasteiger partial charge >= 0.3 is 13.3 Å². The molecule has 0 amide bonds. The quantitative estimate of drug-likeness (QED) is 0.0940. The smallest absolute Gasteiger partial charge is 0.353 e. The zero-order valence-electron chi connectivity index (χ0n) is 24.0. The zero-order chi connectivity index (χ0) is 28.6. The Labute approximate surface area is 234 Å². The van der Waals surface area contributed by atoms with Gasteiger partial charge in [-0.15, -0.1) is 0 Å². The van der Waals surface area contributed by atoms with Crippen LogP contribution in [-0.4, -0.2) is 58.4 Å². The number of unbranched alkanes of at least 4 members (excludes halogenated alkanes) is 14. The lowest BCUT2D eigenvalue weighted by Gasteiger charge is -2.19. The van der Waals surface area contributed by atoms with E-state index in [1.165, 1.54) is 89.7 Å². The number of aliphatic hydroxyl groups is 1. The summed E-state index contributed by atoms with van der Waals surface area (Å²) in [7, 11) is -4.01. The Hall–Kier alpha value is -1.29. The molecule has 0 spiro atoms. The van der Waals surface area contributed by atoms with Gasteiger partial charge in [-0.05, 0) is 12.8 Å². The van der Waals surface area contributed by atoms with Gasteiger partial charge in [0.15, 0.2) is 0 Å². The van der Waals surface area contributed by atoms with Crippen molar-refractivity contribution in [2.45, 2.75) is 122 Å². The van der Waals surface area contributed by atoms with E-state index in [1.807, 2.05) is 0 Å². The molecule has 11 heteroatoms. The van der Waals surface area contributed by atoms with Crippen molar-refractivity contribution in [3.8, 4) is 0 Å². The highest BCUT2D eigenvalue weighted by molar-refractivity contribution is 7.52. The largest absolute Gasteiger partial charge is 0.394 e. The first kappa shape index (κ1) is 35.7. The van der Waals surface area contributed by atoms with Crippen molar-refractivity contribution >= 4 is 7.60 Å². The minimum atomic E-state index is -4.01. The molecule has 1 rings (SSSR count). The van der Waals surface area contributed by atoms with E-state index >= 15 is 0 Å². The normalized spacial score (nSPS) is 13.9. The standard InChI is InChI=1S/C28H53N2O8P/c1-2-3-4-5-6-7-8-9-10-11-12-13-14-15-16-20-36-21-17-22-38-39(34,35)25-37-26(24-31)23-30-19-18-27(32)29-28(30)33/h18-19,26,31H,2-17,20-25H2,1H3,(H,34,35)(H,29,32,33)/t26-/m0/s1. The molecule has 0 radical (unpaired) electrons. The maximum atomic E-state index is 12.2. The van der Waals surface area contributed by atoms with Gasteiger partial charge in [0.25, 0.3) is 5.56 Å². The SMILES string of the molecule is CCCCCCCCCCCCCCCCCOCCCOP(=O)(O)CO[C@H](CO)Cn1ccc(=O)[nH]c1=O. The first-order valence-corrected chi connectivity index (χ1v) is 16.7. The summed E-state index contributed by atoms with van der Waals surface area (Å²) in [6, 6.07) is 1.16. The van der Waals surface area contributed by atoms with Crippen LogP contribution in [0.25, 0.3) is 0 Å². The van der Waals surface area contributed by atoms with E-state index in [1.54, 1.807) is 0 Å². The molecule has 10 nitrogen and oxygen atoms in total. The Kier molecular flexibility index (Phi) is 21.5. The molecule has 0 fully saturated rings. The van der Waals surface area contributed by atoms with E-state index in [2.05, 4.69) is 11.9 Å². The lowest BCUT2D eigenvalue weighted by molar-refractivity contribution is 0.0162. The van der Waals surface area contributed by atoms with E-state index in [-0.39, 0.29) is 13.2 Å². The Morgan fingerprint density at radius 1 is 0.846 bits per heavy atom. The number of hydrogen-bond acceptors (Lipinski definition) is 7. The summed E-state index contributed by atoms with van der Waals surface area (Å²) in [6.07, 6.45) is 20.1. The third kappa shape index (κ3) is 20.3. The Balaban J connectivity index is 1.93. The molecule has 0 aromatic carbocycles. The topological polar surface area (TPSA) is 140 Å². The van der Waals surface area contributed by atoms with Crippen LogP contribution in [0.1, 0.15) is 110 Å². The minimum Gasteiger partial charge on any atom is -0.394 e. The number of nitrogens with zero attached hydrogens (tertiary/aromatic N) is 1. The van der Waals surface area contributed by atoms with E-state index < -0.39 is 37.9 Å². The maximum absolute atomic E-state index is 12.2. The highest BCUT2D eigenvalue weighted by Gasteiger charge is 2.22. The Morgan fingerprint density at radius 2 is 1.38 bits per heavy atom. The lowest BCUT2D eigenvalue weighted by Crippen LogP contribution is -2.34. The summed E-state index contributed by atoms with van der Waals surface area (Å²) < 4.78 is 29.2. The molecule has 1 unspecified atom stereocenters. The van der Waals surface area contributed by atoms with E-state index in [9.17, 15) is 24.2 Å². The summed E-state index contributed by atoms with van der Waals surface area (Å²) in [5.41, 5.74) is -1.19. The third-order valence-corrected chi connectivity index (χ3v) is 7.65. The van der Waals surface area contributed by atoms with E-state index in [0.29, 0.717) is 19.6 Å². The number of rotatable bonds is 27. The number of aromatic nitrogens is 2. The summed E-state index contributed by atoms with van der Waals surface area (Å²) in [4.78, 5) is 34.9. The van der Waals surface area contributed by atoms with Gasteiger partial charge in [-0.3, -0.25) is 18.9 Å². The molecule has 2 atom stereocenters. The summed E-state index contributed by atoms with van der Waals surface area (Å²) in [5, 5.41) is 9.44. The van der Waals surface area contributed by atoms with Crippen LogP contribution in [0.5, 0.6) is 0 Å². The second-order valence-corrected chi connectivity index (χ2v) is 12.0. The second-order valence-electron chi connectivity index (χ2n) is 10.2. The molecule has 0 saturated heterocycles. The molecule has 0 aliphatic heterocycles. The average molecular weight is 577 g/mol. The second kappa shape index (κ2) is 23.4. The number of nitrogens with one attached hydrogen (secondary N) is 1. The average Bonchev–Trinajstić information content (AvgIpc) is 2.91. The molecule has 0 bridgehead atoms. The minimum absolute atomic E-state index is 0.0547. The van der Waals surface area contributed by atoms with Crippen LogP contribution < -0.4 is 11.2 Å². The maximum Gasteiger partial charge on any atom is 0.353 e. The number of aliphatic hydroxyl groups excluding tert-OH is 1. The molecule has 39 heavy (non-hydrogen) atoms. The number of ether oxygens (including phenoxy) is 2.